The highest BCUT2D eigenvalue weighted by Crippen LogP contribution is 2.74. The third-order valence-corrected chi connectivity index (χ3v) is 12.5. The first-order valence-corrected chi connectivity index (χ1v) is 14.1. The Balaban J connectivity index is 1.52. The zero-order valence-corrected chi connectivity index (χ0v) is 23.3. The molecule has 0 bridgehead atoms. The normalized spacial score (nSPS) is 54.5. The van der Waals surface area contributed by atoms with E-state index in [4.69, 9.17) is 9.47 Å². The Morgan fingerprint density at radius 1 is 0.946 bits per heavy atom. The van der Waals surface area contributed by atoms with Crippen LogP contribution in [0.1, 0.15) is 93.4 Å². The Bertz CT molecular complexity index is 1150. The molecule has 0 aromatic rings. The lowest BCUT2D eigenvalue weighted by molar-refractivity contribution is -0.254. The van der Waals surface area contributed by atoms with E-state index in [0.717, 1.165) is 0 Å². The summed E-state index contributed by atoms with van der Waals surface area (Å²) in [5, 5.41) is 22.6. The van der Waals surface area contributed by atoms with Crippen LogP contribution in [-0.4, -0.2) is 51.3 Å². The second-order valence-electron chi connectivity index (χ2n) is 14.6. The van der Waals surface area contributed by atoms with E-state index >= 15 is 0 Å². The van der Waals surface area contributed by atoms with Crippen molar-refractivity contribution in [3.05, 3.63) is 11.1 Å². The number of esters is 1. The fourth-order valence-electron chi connectivity index (χ4n) is 10.3. The average molecular weight is 515 g/mol. The number of aliphatic hydroxyl groups is 2. The molecule has 10 atom stereocenters. The van der Waals surface area contributed by atoms with E-state index < -0.39 is 45.3 Å². The quantitative estimate of drug-likeness (QED) is 0.472. The molecule has 2 saturated heterocycles. The Morgan fingerprint density at radius 3 is 2.24 bits per heavy atom. The number of hydrogen-bond donors (Lipinski definition) is 2. The van der Waals surface area contributed by atoms with Gasteiger partial charge in [0.2, 0.25) is 5.79 Å². The number of ketones is 2. The third-order valence-electron chi connectivity index (χ3n) is 12.5. The van der Waals surface area contributed by atoms with Gasteiger partial charge in [-0.3, -0.25) is 14.4 Å². The second kappa shape index (κ2) is 7.14. The first kappa shape index (κ1) is 25.7. The molecule has 4 aliphatic carbocycles. The van der Waals surface area contributed by atoms with E-state index in [1.54, 1.807) is 0 Å². The molecule has 6 aliphatic rings. The summed E-state index contributed by atoms with van der Waals surface area (Å²) < 4.78 is 12.6. The van der Waals surface area contributed by atoms with Gasteiger partial charge >= 0.3 is 5.97 Å². The number of carbonyl (C=O) groups is 3. The number of hydrogen-bond acceptors (Lipinski definition) is 7. The molecule has 2 heterocycles. The fourth-order valence-corrected chi connectivity index (χ4v) is 10.3. The van der Waals surface area contributed by atoms with Gasteiger partial charge in [-0.15, -0.1) is 0 Å². The van der Waals surface area contributed by atoms with Crippen molar-refractivity contribution in [1.29, 1.82) is 0 Å². The van der Waals surface area contributed by atoms with Crippen molar-refractivity contribution in [2.24, 2.45) is 39.4 Å². The SMILES string of the molecule is C[C@@H]1C[C@]2(C[C@H](C)C(=O)O2)O[C@@]12CC(=O)[C@@]1(C)C3=C(C(=O)C[C@@]12C)[C@@]1(C)CC[C@H](O)C(C)(C)[C@@H]1C[C@@H]3O. The summed E-state index contributed by atoms with van der Waals surface area (Å²) in [7, 11) is 0. The van der Waals surface area contributed by atoms with Gasteiger partial charge in [0.1, 0.15) is 5.78 Å². The number of Topliss-reactive ketones (excluding diaryl/α,β-unsaturated/α-hetero) is 2. The molecule has 2 N–H and O–H groups in total. The average Bonchev–Trinajstić information content (AvgIpc) is 3.28. The molecule has 0 unspecified atom stereocenters. The first-order chi connectivity index (χ1) is 17.0. The van der Waals surface area contributed by atoms with E-state index in [2.05, 4.69) is 6.92 Å². The van der Waals surface area contributed by atoms with Crippen molar-refractivity contribution in [3.8, 4) is 0 Å². The largest absolute Gasteiger partial charge is 0.433 e. The maximum atomic E-state index is 14.3. The van der Waals surface area contributed by atoms with Crippen molar-refractivity contribution in [2.75, 3.05) is 0 Å². The molecule has 2 spiro atoms. The monoisotopic (exact) mass is 514 g/mol. The van der Waals surface area contributed by atoms with Crippen LogP contribution in [0.3, 0.4) is 0 Å². The van der Waals surface area contributed by atoms with E-state index in [0.29, 0.717) is 43.3 Å². The zero-order valence-electron chi connectivity index (χ0n) is 23.3. The lowest BCUT2D eigenvalue weighted by atomic mass is 9.42. The molecule has 0 aromatic carbocycles. The maximum absolute atomic E-state index is 14.3. The second-order valence-corrected chi connectivity index (χ2v) is 14.6. The fraction of sp³-hybridized carbons (Fsp3) is 0.833. The molecule has 37 heavy (non-hydrogen) atoms. The Morgan fingerprint density at radius 2 is 1.62 bits per heavy atom. The highest BCUT2D eigenvalue weighted by Gasteiger charge is 2.79. The minimum atomic E-state index is -1.07. The number of ether oxygens (including phenoxy) is 2. The minimum Gasteiger partial charge on any atom is -0.433 e. The van der Waals surface area contributed by atoms with Crippen LogP contribution < -0.4 is 0 Å². The highest BCUT2D eigenvalue weighted by atomic mass is 16.7. The maximum Gasteiger partial charge on any atom is 0.311 e. The molecular weight excluding hydrogens is 472 g/mol. The van der Waals surface area contributed by atoms with Gasteiger partial charge in [0.15, 0.2) is 5.78 Å². The lowest BCUT2D eigenvalue weighted by Crippen LogP contribution is -2.63. The molecule has 0 radical (unpaired) electrons. The van der Waals surface area contributed by atoms with Gasteiger partial charge in [0.25, 0.3) is 0 Å². The summed E-state index contributed by atoms with van der Waals surface area (Å²) in [6.45, 7) is 14.0. The van der Waals surface area contributed by atoms with Crippen LogP contribution in [0.15, 0.2) is 11.1 Å². The third kappa shape index (κ3) is 2.72. The molecule has 6 rings (SSSR count). The van der Waals surface area contributed by atoms with Crippen molar-refractivity contribution in [3.63, 3.8) is 0 Å². The predicted octanol–water partition coefficient (Wildman–Crippen LogP) is 3.88. The lowest BCUT2D eigenvalue weighted by Gasteiger charge is -2.62. The summed E-state index contributed by atoms with van der Waals surface area (Å²) >= 11 is 0. The van der Waals surface area contributed by atoms with E-state index in [1.807, 2.05) is 41.5 Å². The molecule has 2 saturated carbocycles. The molecule has 0 amide bonds. The van der Waals surface area contributed by atoms with Gasteiger partial charge in [-0.25, -0.2) is 0 Å². The van der Waals surface area contributed by atoms with Crippen LogP contribution in [-0.2, 0) is 23.9 Å². The smallest absolute Gasteiger partial charge is 0.311 e. The van der Waals surface area contributed by atoms with Crippen LogP contribution in [0.25, 0.3) is 0 Å². The molecule has 7 nitrogen and oxygen atoms in total. The molecule has 4 fully saturated rings. The van der Waals surface area contributed by atoms with Crippen molar-refractivity contribution >= 4 is 17.5 Å². The van der Waals surface area contributed by atoms with E-state index in [9.17, 15) is 24.6 Å². The Labute approximate surface area is 219 Å². The van der Waals surface area contributed by atoms with Crippen molar-refractivity contribution in [2.45, 2.75) is 117 Å². The van der Waals surface area contributed by atoms with E-state index in [-0.39, 0.29) is 48.1 Å². The number of aliphatic hydroxyl groups excluding tert-OH is 2. The van der Waals surface area contributed by atoms with Gasteiger partial charge < -0.3 is 19.7 Å². The topological polar surface area (TPSA) is 110 Å². The summed E-state index contributed by atoms with van der Waals surface area (Å²) in [6.07, 6.45) is 1.42. The predicted molar refractivity (Wildman–Crippen MR) is 134 cm³/mol. The van der Waals surface area contributed by atoms with Crippen LogP contribution in [0.2, 0.25) is 0 Å². The zero-order chi connectivity index (χ0) is 27.1. The number of fused-ring (bicyclic) bond motifs is 5. The molecule has 204 valence electrons. The van der Waals surface area contributed by atoms with Crippen molar-refractivity contribution < 1.29 is 34.1 Å². The number of rotatable bonds is 0. The van der Waals surface area contributed by atoms with Gasteiger partial charge in [-0.1, -0.05) is 41.5 Å². The molecule has 7 heteroatoms. The van der Waals surface area contributed by atoms with Gasteiger partial charge in [-0.05, 0) is 54.4 Å². The molecule has 0 aromatic heterocycles. The summed E-state index contributed by atoms with van der Waals surface area (Å²) in [5.74, 6) is -1.83. The standard InChI is InChI=1S/C30H42O7/c1-15-11-29(36-24(15)35)12-16(2)30(37-29)14-21(34)28(7)23-17(31)10-19-25(3,4)20(33)8-9-26(19,5)22(23)18(32)13-27(28,30)6/h15-17,19-20,31,33H,8-14H2,1-7H3/t15-,16+,17-,19-,20-,26-,27-,28-,29-,30-/m0/s1. The minimum absolute atomic E-state index is 0.00697. The summed E-state index contributed by atoms with van der Waals surface area (Å²) in [4.78, 5) is 40.9. The Kier molecular flexibility index (Phi) is 4.96. The Hall–Kier alpha value is -1.57. The van der Waals surface area contributed by atoms with Gasteiger partial charge in [0, 0.05) is 36.7 Å². The highest BCUT2D eigenvalue weighted by molar-refractivity contribution is 6.06. The summed E-state index contributed by atoms with van der Waals surface area (Å²) in [6, 6.07) is 0. The van der Waals surface area contributed by atoms with Crippen molar-refractivity contribution in [1.82, 2.24) is 0 Å². The van der Waals surface area contributed by atoms with E-state index in [1.165, 1.54) is 0 Å². The molecular formula is C30H42O7. The van der Waals surface area contributed by atoms with Crippen LogP contribution in [0.5, 0.6) is 0 Å². The number of allylic oxidation sites excluding steroid dienone is 1. The van der Waals surface area contributed by atoms with Gasteiger partial charge in [-0.2, -0.15) is 0 Å². The van der Waals surface area contributed by atoms with Gasteiger partial charge in [0.05, 0.1) is 29.1 Å². The van der Waals surface area contributed by atoms with Crippen LogP contribution in [0, 0.1) is 39.4 Å². The van der Waals surface area contributed by atoms with Crippen LogP contribution in [0.4, 0.5) is 0 Å². The van der Waals surface area contributed by atoms with Crippen LogP contribution >= 0.6 is 0 Å². The molecule has 2 aliphatic heterocycles. The summed E-state index contributed by atoms with van der Waals surface area (Å²) in [5.41, 5.74) is -2.69. The number of carbonyl (C=O) groups excluding carboxylic acids is 3. The first-order valence-electron chi connectivity index (χ1n) is 14.1.